The van der Waals surface area contributed by atoms with Crippen molar-refractivity contribution >= 4 is 17.3 Å². The zero-order valence-electron chi connectivity index (χ0n) is 19.3. The highest BCUT2D eigenvalue weighted by Crippen LogP contribution is 2.36. The average Bonchev–Trinajstić information content (AvgIpc) is 3.52. The first-order valence-corrected chi connectivity index (χ1v) is 12.1. The molecule has 0 N–H and O–H groups in total. The third kappa shape index (κ3) is 3.37. The molecule has 2 fully saturated rings. The Morgan fingerprint density at radius 2 is 1.83 bits per heavy atom. The molecule has 1 amide bonds. The molecule has 2 aromatic heterocycles. The normalized spacial score (nSPS) is 17.3. The van der Waals surface area contributed by atoms with Gasteiger partial charge < -0.3 is 9.47 Å². The molecule has 1 saturated carbocycles. The number of hydrogen-bond donors (Lipinski definition) is 0. The lowest BCUT2D eigenvalue weighted by atomic mass is 10.1. The van der Waals surface area contributed by atoms with Gasteiger partial charge >= 0.3 is 0 Å². The van der Waals surface area contributed by atoms with Gasteiger partial charge in [0.1, 0.15) is 0 Å². The Bertz CT molecular complexity index is 1500. The summed E-state index contributed by atoms with van der Waals surface area (Å²) >= 11 is 0. The molecule has 4 heterocycles. The minimum atomic E-state index is 0.187. The molecule has 4 aromatic rings. The number of carbonyl (C=O) groups excluding carboxylic acids is 1. The number of aromatic nitrogens is 3. The number of amides is 1. The minimum absolute atomic E-state index is 0.187. The van der Waals surface area contributed by atoms with E-state index in [9.17, 15) is 4.79 Å². The summed E-state index contributed by atoms with van der Waals surface area (Å²) in [5, 5.41) is 0. The lowest BCUT2D eigenvalue weighted by Crippen LogP contribution is -2.51. The Labute approximate surface area is 203 Å². The van der Waals surface area contributed by atoms with Crippen molar-refractivity contribution in [2.24, 2.45) is 0 Å². The van der Waals surface area contributed by atoms with Gasteiger partial charge in [-0.1, -0.05) is 24.3 Å². The molecule has 3 aliphatic rings. The van der Waals surface area contributed by atoms with Gasteiger partial charge in [-0.25, -0.2) is 9.83 Å². The van der Waals surface area contributed by atoms with Crippen LogP contribution in [0.2, 0.25) is 0 Å². The van der Waals surface area contributed by atoms with Crippen LogP contribution in [0.3, 0.4) is 0 Å². The maximum atomic E-state index is 13.0. The summed E-state index contributed by atoms with van der Waals surface area (Å²) in [6, 6.07) is 16.8. The molecule has 35 heavy (non-hydrogen) atoms. The molecule has 0 unspecified atom stereocenters. The van der Waals surface area contributed by atoms with Gasteiger partial charge in [0.2, 0.25) is 5.91 Å². The number of hydrogen-bond acceptors (Lipinski definition) is 3. The molecule has 7 heteroatoms. The van der Waals surface area contributed by atoms with Crippen LogP contribution in [0, 0.1) is 6.57 Å². The van der Waals surface area contributed by atoms with Crippen molar-refractivity contribution in [3.05, 3.63) is 84.1 Å². The Morgan fingerprint density at radius 3 is 2.60 bits per heavy atom. The maximum absolute atomic E-state index is 13.0. The Kier molecular flexibility index (Phi) is 4.45. The van der Waals surface area contributed by atoms with Crippen LogP contribution in [0.5, 0.6) is 0 Å². The molecule has 1 aliphatic carbocycles. The summed E-state index contributed by atoms with van der Waals surface area (Å²) in [4.78, 5) is 25.4. The second-order valence-corrected chi connectivity index (χ2v) is 9.58. The van der Waals surface area contributed by atoms with Crippen molar-refractivity contribution in [3.63, 3.8) is 0 Å². The van der Waals surface area contributed by atoms with Crippen LogP contribution in [0.15, 0.2) is 67.1 Å². The third-order valence-electron chi connectivity index (χ3n) is 7.38. The molecule has 0 atom stereocenters. The van der Waals surface area contributed by atoms with E-state index >= 15 is 0 Å². The molecule has 1 saturated heterocycles. The number of anilines is 1. The molecule has 0 bridgehead atoms. The van der Waals surface area contributed by atoms with Crippen molar-refractivity contribution in [2.75, 3.05) is 24.5 Å². The summed E-state index contributed by atoms with van der Waals surface area (Å²) in [5.74, 6) is 1.08. The van der Waals surface area contributed by atoms with E-state index in [1.165, 1.54) is 12.8 Å². The second kappa shape index (κ2) is 7.69. The van der Waals surface area contributed by atoms with Crippen LogP contribution in [-0.2, 0) is 11.3 Å². The summed E-state index contributed by atoms with van der Waals surface area (Å²) in [5.41, 5.74) is 7.07. The van der Waals surface area contributed by atoms with E-state index < -0.39 is 0 Å². The molecule has 7 rings (SSSR count). The lowest BCUT2D eigenvalue weighted by molar-refractivity contribution is -0.121. The van der Waals surface area contributed by atoms with Crippen molar-refractivity contribution < 1.29 is 4.79 Å². The third-order valence-corrected chi connectivity index (χ3v) is 7.38. The number of imidazole rings is 1. The van der Waals surface area contributed by atoms with E-state index in [0.717, 1.165) is 52.7 Å². The fourth-order valence-electron chi connectivity index (χ4n) is 5.40. The first-order valence-electron chi connectivity index (χ1n) is 12.1. The van der Waals surface area contributed by atoms with E-state index in [0.29, 0.717) is 24.8 Å². The Balaban J connectivity index is 1.26. The van der Waals surface area contributed by atoms with E-state index in [1.54, 1.807) is 0 Å². The second-order valence-electron chi connectivity index (χ2n) is 9.58. The van der Waals surface area contributed by atoms with Gasteiger partial charge in [0.25, 0.3) is 0 Å². The van der Waals surface area contributed by atoms with Crippen LogP contribution in [0.1, 0.15) is 18.4 Å². The van der Waals surface area contributed by atoms with Crippen LogP contribution in [0.25, 0.3) is 33.2 Å². The first kappa shape index (κ1) is 20.2. The minimum Gasteiger partial charge on any atom is -0.340 e. The zero-order valence-corrected chi connectivity index (χ0v) is 19.3. The number of piperazine rings is 1. The Morgan fingerprint density at radius 1 is 0.971 bits per heavy atom. The van der Waals surface area contributed by atoms with Crippen molar-refractivity contribution in [3.8, 4) is 28.3 Å². The number of carbonyl (C=O) groups is 1. The van der Waals surface area contributed by atoms with Gasteiger partial charge in [0.15, 0.2) is 11.5 Å². The van der Waals surface area contributed by atoms with E-state index in [2.05, 4.69) is 54.3 Å². The maximum Gasteiger partial charge on any atom is 0.241 e. The monoisotopic (exact) mass is 460 g/mol. The largest absolute Gasteiger partial charge is 0.340 e. The van der Waals surface area contributed by atoms with Gasteiger partial charge in [-0.2, -0.15) is 0 Å². The molecule has 172 valence electrons. The lowest BCUT2D eigenvalue weighted by Gasteiger charge is -2.34. The highest BCUT2D eigenvalue weighted by molar-refractivity contribution is 5.96. The quantitative estimate of drug-likeness (QED) is 0.366. The fraction of sp³-hybridized carbons (Fsp3) is 0.250. The number of benzene rings is 2. The van der Waals surface area contributed by atoms with Gasteiger partial charge in [0.05, 0.1) is 24.5 Å². The highest BCUT2D eigenvalue weighted by atomic mass is 16.2. The summed E-state index contributed by atoms with van der Waals surface area (Å²) < 4.78 is 4.37. The zero-order chi connectivity index (χ0) is 23.5. The smallest absolute Gasteiger partial charge is 0.241 e. The number of nitrogens with zero attached hydrogens (tertiary/aromatic N) is 6. The molecule has 0 spiro atoms. The predicted molar refractivity (Wildman–Crippen MR) is 135 cm³/mol. The molecule has 2 aromatic carbocycles. The van der Waals surface area contributed by atoms with Crippen LogP contribution in [-0.4, -0.2) is 50.6 Å². The molecule has 2 aliphatic heterocycles. The Hall–Kier alpha value is -4.15. The van der Waals surface area contributed by atoms with Gasteiger partial charge in [-0.05, 0) is 48.2 Å². The van der Waals surface area contributed by atoms with Gasteiger partial charge in [-0.15, -0.1) is 0 Å². The van der Waals surface area contributed by atoms with E-state index in [4.69, 9.17) is 6.57 Å². The first-order chi connectivity index (χ1) is 17.2. The summed E-state index contributed by atoms with van der Waals surface area (Å²) in [6.07, 6.45) is 8.44. The van der Waals surface area contributed by atoms with E-state index in [1.807, 2.05) is 41.6 Å². The van der Waals surface area contributed by atoms with Crippen molar-refractivity contribution in [1.82, 2.24) is 19.0 Å². The highest BCUT2D eigenvalue weighted by Gasteiger charge is 2.35. The molecular weight excluding hydrogens is 436 g/mol. The standard InChI is InChI=1S/C28H24N6O/c1-29-22-4-2-19(3-5-22)20-15-26-28-30-10-11-34(28)25-9-8-24(14-21(25)17-32(26)16-20)33-13-12-31(18-27(33)35)23-6-7-23/h2-5,8-11,14-16,23H,6-7,12-13,17-18H2. The SMILES string of the molecule is [C-]#[N+]c1ccc(-c2cc3n(c2)Cc2cc(N4CCN(C5CC5)CC4=O)ccc2-n2ccnc2-3)cc1. The fourth-order valence-corrected chi connectivity index (χ4v) is 5.40. The average molecular weight is 461 g/mol. The van der Waals surface area contributed by atoms with Crippen molar-refractivity contribution in [2.45, 2.75) is 25.4 Å². The summed E-state index contributed by atoms with van der Waals surface area (Å²) in [6.45, 7) is 10.1. The van der Waals surface area contributed by atoms with Crippen molar-refractivity contribution in [1.29, 1.82) is 0 Å². The van der Waals surface area contributed by atoms with Crippen LogP contribution >= 0.6 is 0 Å². The summed E-state index contributed by atoms with van der Waals surface area (Å²) in [7, 11) is 0. The van der Waals surface area contributed by atoms with E-state index in [-0.39, 0.29) is 5.91 Å². The molecule has 0 radical (unpaired) electrons. The topological polar surface area (TPSA) is 50.7 Å². The van der Waals surface area contributed by atoms with Gasteiger partial charge in [0, 0.05) is 55.5 Å². The van der Waals surface area contributed by atoms with Crippen LogP contribution < -0.4 is 4.90 Å². The predicted octanol–water partition coefficient (Wildman–Crippen LogP) is 4.73. The van der Waals surface area contributed by atoms with Gasteiger partial charge in [-0.3, -0.25) is 14.3 Å². The molecule has 7 nitrogen and oxygen atoms in total. The van der Waals surface area contributed by atoms with Crippen LogP contribution in [0.4, 0.5) is 11.4 Å². The number of fused-ring (bicyclic) bond motifs is 5. The number of rotatable bonds is 3. The molecular formula is C28H24N6O.